The van der Waals surface area contributed by atoms with Crippen molar-refractivity contribution in [3.8, 4) is 17.2 Å². The second-order valence-electron chi connectivity index (χ2n) is 8.23. The highest BCUT2D eigenvalue weighted by molar-refractivity contribution is 7.10. The van der Waals surface area contributed by atoms with Crippen molar-refractivity contribution in [2.45, 2.75) is 26.0 Å². The van der Waals surface area contributed by atoms with Gasteiger partial charge in [-0.05, 0) is 61.7 Å². The van der Waals surface area contributed by atoms with Crippen LogP contribution in [0.15, 0.2) is 71.6 Å². The molecule has 1 amide bonds. The lowest BCUT2D eigenvalue weighted by molar-refractivity contribution is -0.140. The Hall–Kier alpha value is -3.78. The topological polar surface area (TPSA) is 85.3 Å². The number of carbonyl (C=O) groups is 2. The van der Waals surface area contributed by atoms with Crippen molar-refractivity contribution >= 4 is 28.8 Å². The van der Waals surface area contributed by atoms with E-state index in [1.807, 2.05) is 31.4 Å². The quantitative estimate of drug-likeness (QED) is 0.255. The van der Waals surface area contributed by atoms with Gasteiger partial charge in [0, 0.05) is 10.4 Å². The molecule has 2 heterocycles. The van der Waals surface area contributed by atoms with Crippen LogP contribution in [0.1, 0.15) is 30.3 Å². The summed E-state index contributed by atoms with van der Waals surface area (Å²) in [5.41, 5.74) is 0.473. The van der Waals surface area contributed by atoms with E-state index in [-0.39, 0.29) is 30.6 Å². The van der Waals surface area contributed by atoms with Crippen LogP contribution in [0.25, 0.3) is 5.76 Å². The predicted octanol–water partition coefficient (Wildman–Crippen LogP) is 5.04. The number of ether oxygens (including phenoxy) is 3. The number of methoxy groups -OCH3 is 1. The zero-order valence-corrected chi connectivity index (χ0v) is 20.6. The number of amides is 1. The molecule has 182 valence electrons. The SMILES string of the molecule is COc1ccc(OCCN2C(=O)C(=O)/C(=C(\O)c3cccc(OC(C)C)c3)C2c2cccs2)cc1. The number of nitrogens with zero attached hydrogens (tertiary/aromatic N) is 1. The Morgan fingerprint density at radius 2 is 1.77 bits per heavy atom. The molecule has 1 fully saturated rings. The molecule has 1 unspecified atom stereocenters. The molecule has 1 aliphatic rings. The first-order valence-electron chi connectivity index (χ1n) is 11.2. The van der Waals surface area contributed by atoms with Crippen LogP contribution in [0.5, 0.6) is 17.2 Å². The zero-order chi connectivity index (χ0) is 24.9. The number of hydrogen-bond donors (Lipinski definition) is 1. The first-order chi connectivity index (χ1) is 16.9. The van der Waals surface area contributed by atoms with Crippen molar-refractivity contribution < 1.29 is 28.9 Å². The van der Waals surface area contributed by atoms with E-state index in [9.17, 15) is 14.7 Å². The summed E-state index contributed by atoms with van der Waals surface area (Å²) in [5, 5.41) is 13.1. The van der Waals surface area contributed by atoms with Gasteiger partial charge in [0.25, 0.3) is 11.7 Å². The lowest BCUT2D eigenvalue weighted by Gasteiger charge is -2.24. The van der Waals surface area contributed by atoms with Gasteiger partial charge in [-0.2, -0.15) is 0 Å². The molecule has 1 atom stereocenters. The van der Waals surface area contributed by atoms with Crippen LogP contribution in [0.2, 0.25) is 0 Å². The van der Waals surface area contributed by atoms with Crippen molar-refractivity contribution in [1.82, 2.24) is 4.90 Å². The first kappa shape index (κ1) is 24.3. The Morgan fingerprint density at radius 1 is 1.03 bits per heavy atom. The molecule has 2 aromatic carbocycles. The van der Waals surface area contributed by atoms with E-state index < -0.39 is 17.7 Å². The van der Waals surface area contributed by atoms with Crippen LogP contribution in [0.3, 0.4) is 0 Å². The number of hydrogen-bond acceptors (Lipinski definition) is 7. The maximum Gasteiger partial charge on any atom is 0.295 e. The van der Waals surface area contributed by atoms with Gasteiger partial charge in [-0.3, -0.25) is 9.59 Å². The van der Waals surface area contributed by atoms with Crippen molar-refractivity contribution in [1.29, 1.82) is 0 Å². The molecular weight excluding hydrogens is 466 g/mol. The van der Waals surface area contributed by atoms with Gasteiger partial charge in [0.2, 0.25) is 0 Å². The largest absolute Gasteiger partial charge is 0.507 e. The molecule has 0 aliphatic carbocycles. The van der Waals surface area contributed by atoms with Crippen LogP contribution < -0.4 is 14.2 Å². The third-order valence-corrected chi connectivity index (χ3v) is 6.42. The number of carbonyl (C=O) groups excluding carboxylic acids is 2. The Kier molecular flexibility index (Phi) is 7.41. The molecular formula is C27H27NO6S. The average Bonchev–Trinajstić information content (AvgIpc) is 3.46. The van der Waals surface area contributed by atoms with Crippen LogP contribution in [-0.4, -0.2) is 48.1 Å². The Balaban J connectivity index is 1.62. The van der Waals surface area contributed by atoms with E-state index in [0.29, 0.717) is 22.8 Å². The van der Waals surface area contributed by atoms with E-state index >= 15 is 0 Å². The smallest absolute Gasteiger partial charge is 0.295 e. The summed E-state index contributed by atoms with van der Waals surface area (Å²) in [4.78, 5) is 28.4. The Bertz CT molecular complexity index is 1220. The number of aliphatic hydroxyl groups excluding tert-OH is 1. The molecule has 1 aliphatic heterocycles. The highest BCUT2D eigenvalue weighted by Gasteiger charge is 2.46. The number of likely N-dealkylation sites (tertiary alicyclic amines) is 1. The summed E-state index contributed by atoms with van der Waals surface area (Å²) in [6.07, 6.45) is -0.0465. The van der Waals surface area contributed by atoms with Crippen LogP contribution >= 0.6 is 11.3 Å². The molecule has 1 aromatic heterocycles. The van der Waals surface area contributed by atoms with E-state index in [0.717, 1.165) is 4.88 Å². The van der Waals surface area contributed by atoms with Gasteiger partial charge in [-0.1, -0.05) is 18.2 Å². The van der Waals surface area contributed by atoms with E-state index in [1.165, 1.54) is 16.2 Å². The molecule has 0 saturated carbocycles. The lowest BCUT2D eigenvalue weighted by atomic mass is 10.00. The molecule has 1 N–H and O–H groups in total. The molecule has 0 spiro atoms. The third-order valence-electron chi connectivity index (χ3n) is 5.49. The third kappa shape index (κ3) is 5.33. The van der Waals surface area contributed by atoms with Gasteiger partial charge < -0.3 is 24.2 Å². The average molecular weight is 494 g/mol. The number of thiophene rings is 1. The fourth-order valence-electron chi connectivity index (χ4n) is 3.93. The standard InChI is InChI=1S/C27H27NO6S/c1-17(2)34-21-7-4-6-18(16-21)25(29)23-24(22-8-5-15-35-22)28(27(31)26(23)30)13-14-33-20-11-9-19(32-3)10-12-20/h4-12,15-17,24,29H,13-14H2,1-3H3/b25-23-. The molecule has 3 aromatic rings. The Morgan fingerprint density at radius 3 is 2.43 bits per heavy atom. The van der Waals surface area contributed by atoms with Gasteiger partial charge in [0.15, 0.2) is 0 Å². The molecule has 8 heteroatoms. The number of ketones is 1. The lowest BCUT2D eigenvalue weighted by Crippen LogP contribution is -2.33. The molecule has 0 bridgehead atoms. The van der Waals surface area contributed by atoms with Gasteiger partial charge in [-0.15, -0.1) is 11.3 Å². The monoisotopic (exact) mass is 493 g/mol. The zero-order valence-electron chi connectivity index (χ0n) is 19.8. The van der Waals surface area contributed by atoms with Gasteiger partial charge in [-0.25, -0.2) is 0 Å². The van der Waals surface area contributed by atoms with Crippen molar-refractivity contribution in [2.24, 2.45) is 0 Å². The van der Waals surface area contributed by atoms with E-state index in [2.05, 4.69) is 0 Å². The molecule has 0 radical (unpaired) electrons. The van der Waals surface area contributed by atoms with Crippen LogP contribution in [-0.2, 0) is 9.59 Å². The number of benzene rings is 2. The first-order valence-corrected chi connectivity index (χ1v) is 12.1. The number of rotatable bonds is 9. The summed E-state index contributed by atoms with van der Waals surface area (Å²) in [7, 11) is 1.59. The predicted molar refractivity (Wildman–Crippen MR) is 134 cm³/mol. The fourth-order valence-corrected chi connectivity index (χ4v) is 4.78. The second-order valence-corrected chi connectivity index (χ2v) is 9.21. The Labute approximate surface area is 208 Å². The normalized spacial score (nSPS) is 17.1. The minimum Gasteiger partial charge on any atom is -0.507 e. The number of Topliss-reactive ketones (excluding diaryl/α,β-unsaturated/α-hetero) is 1. The van der Waals surface area contributed by atoms with Gasteiger partial charge >= 0.3 is 0 Å². The summed E-state index contributed by atoms with van der Waals surface area (Å²) in [6.45, 7) is 4.16. The maximum atomic E-state index is 13.1. The minimum absolute atomic E-state index is 0.0465. The van der Waals surface area contributed by atoms with Crippen LogP contribution in [0, 0.1) is 0 Å². The highest BCUT2D eigenvalue weighted by atomic mass is 32.1. The van der Waals surface area contributed by atoms with Crippen molar-refractivity contribution in [3.63, 3.8) is 0 Å². The fraction of sp³-hybridized carbons (Fsp3) is 0.259. The van der Waals surface area contributed by atoms with E-state index in [4.69, 9.17) is 14.2 Å². The molecule has 4 rings (SSSR count). The molecule has 35 heavy (non-hydrogen) atoms. The van der Waals surface area contributed by atoms with Crippen LogP contribution in [0.4, 0.5) is 0 Å². The second kappa shape index (κ2) is 10.7. The summed E-state index contributed by atoms with van der Waals surface area (Å²) < 4.78 is 16.7. The minimum atomic E-state index is -0.722. The van der Waals surface area contributed by atoms with E-state index in [1.54, 1.807) is 55.6 Å². The summed E-state index contributed by atoms with van der Waals surface area (Å²) >= 11 is 1.42. The number of aliphatic hydroxyl groups is 1. The van der Waals surface area contributed by atoms with Gasteiger partial charge in [0.05, 0.1) is 31.4 Å². The summed E-state index contributed by atoms with van der Waals surface area (Å²) in [5.74, 6) is 0.285. The molecule has 7 nitrogen and oxygen atoms in total. The van der Waals surface area contributed by atoms with Crippen molar-refractivity contribution in [3.05, 3.63) is 82.1 Å². The summed E-state index contributed by atoms with van der Waals surface area (Å²) in [6, 6.07) is 17.0. The van der Waals surface area contributed by atoms with Crippen molar-refractivity contribution in [2.75, 3.05) is 20.3 Å². The molecule has 1 saturated heterocycles. The maximum absolute atomic E-state index is 13.1. The van der Waals surface area contributed by atoms with Gasteiger partial charge in [0.1, 0.15) is 29.6 Å². The highest BCUT2D eigenvalue weighted by Crippen LogP contribution is 2.41.